The molecule has 0 heterocycles. The Morgan fingerprint density at radius 2 is 2.10 bits per heavy atom. The molecule has 1 amide bonds. The molecule has 2 unspecified atom stereocenters. The molecule has 1 aromatic rings. The van der Waals surface area contributed by atoms with E-state index in [1.807, 2.05) is 5.43 Å². The minimum Gasteiger partial charge on any atom is -0.466 e. The van der Waals surface area contributed by atoms with Gasteiger partial charge in [-0.05, 0) is 24.6 Å². The first-order valence-electron chi connectivity index (χ1n) is 6.12. The van der Waals surface area contributed by atoms with Crippen LogP contribution in [0.1, 0.15) is 35.4 Å². The molecule has 0 bridgehead atoms. The van der Waals surface area contributed by atoms with E-state index in [0.717, 1.165) is 0 Å². The number of nitrogen functional groups attached to an aromatic ring is 1. The minimum atomic E-state index is -1.31. The molecule has 0 aliphatic rings. The summed E-state index contributed by atoms with van der Waals surface area (Å²) in [6.45, 7) is 1.85. The highest BCUT2D eigenvalue weighted by Crippen LogP contribution is 2.20. The monoisotopic (exact) mass is 282 g/mol. The number of carbonyl (C=O) groups is 2. The van der Waals surface area contributed by atoms with Crippen LogP contribution in [0.15, 0.2) is 24.3 Å². The van der Waals surface area contributed by atoms with Gasteiger partial charge in [0.25, 0.3) is 5.91 Å². The van der Waals surface area contributed by atoms with Gasteiger partial charge < -0.3 is 14.9 Å². The fraction of sp³-hybridized carbons (Fsp3) is 0.385. The number of benzene rings is 1. The zero-order valence-corrected chi connectivity index (χ0v) is 11.1. The number of aliphatic hydroxyl groups excluding tert-OH is 2. The molecule has 0 radical (unpaired) electrons. The Morgan fingerprint density at radius 1 is 1.40 bits per heavy atom. The first-order chi connectivity index (χ1) is 9.49. The van der Waals surface area contributed by atoms with E-state index >= 15 is 0 Å². The molecule has 7 heteroatoms. The van der Waals surface area contributed by atoms with Crippen LogP contribution in [0.5, 0.6) is 0 Å². The van der Waals surface area contributed by atoms with E-state index in [1.165, 1.54) is 18.2 Å². The van der Waals surface area contributed by atoms with Gasteiger partial charge in [-0.25, -0.2) is 5.84 Å². The highest BCUT2D eigenvalue weighted by Gasteiger charge is 2.22. The fourth-order valence-electron chi connectivity index (χ4n) is 1.67. The summed E-state index contributed by atoms with van der Waals surface area (Å²) in [5, 5.41) is 19.7. The van der Waals surface area contributed by atoms with Crippen molar-refractivity contribution < 1.29 is 24.5 Å². The van der Waals surface area contributed by atoms with E-state index in [4.69, 9.17) is 5.84 Å². The normalized spacial score (nSPS) is 13.4. The maximum absolute atomic E-state index is 11.4. The Hall–Kier alpha value is -1.96. The Balaban J connectivity index is 2.78. The summed E-state index contributed by atoms with van der Waals surface area (Å²) in [5.74, 6) is 3.90. The molecule has 0 saturated carbocycles. The van der Waals surface area contributed by atoms with Gasteiger partial charge in [0.2, 0.25) is 0 Å². The summed E-state index contributed by atoms with van der Waals surface area (Å²) in [6, 6.07) is 5.98. The van der Waals surface area contributed by atoms with Crippen molar-refractivity contribution in [2.24, 2.45) is 5.84 Å². The van der Waals surface area contributed by atoms with E-state index in [1.54, 1.807) is 13.0 Å². The summed E-state index contributed by atoms with van der Waals surface area (Å²) >= 11 is 0. The molecular weight excluding hydrogens is 264 g/mol. The van der Waals surface area contributed by atoms with Gasteiger partial charge in [-0.2, -0.15) is 0 Å². The van der Waals surface area contributed by atoms with Crippen molar-refractivity contribution in [3.8, 4) is 0 Å². The molecular formula is C13H18N2O5. The lowest BCUT2D eigenvalue weighted by molar-refractivity contribution is -0.147. The van der Waals surface area contributed by atoms with Crippen molar-refractivity contribution in [3.05, 3.63) is 35.4 Å². The van der Waals surface area contributed by atoms with Crippen molar-refractivity contribution >= 4 is 11.9 Å². The van der Waals surface area contributed by atoms with Crippen LogP contribution < -0.4 is 11.3 Å². The van der Waals surface area contributed by atoms with Gasteiger partial charge in [0.05, 0.1) is 19.1 Å². The Labute approximate surface area is 116 Å². The molecule has 7 nitrogen and oxygen atoms in total. The molecule has 0 fully saturated rings. The largest absolute Gasteiger partial charge is 0.466 e. The van der Waals surface area contributed by atoms with E-state index in [2.05, 4.69) is 4.74 Å². The second kappa shape index (κ2) is 7.59. The van der Waals surface area contributed by atoms with Crippen LogP contribution in [0.3, 0.4) is 0 Å². The predicted molar refractivity (Wildman–Crippen MR) is 70.3 cm³/mol. The third-order valence-electron chi connectivity index (χ3n) is 2.67. The van der Waals surface area contributed by atoms with Crippen LogP contribution >= 0.6 is 0 Å². The molecule has 1 rings (SSSR count). The number of esters is 1. The number of ether oxygens (including phenoxy) is 1. The number of amides is 1. The molecule has 0 spiro atoms. The lowest BCUT2D eigenvalue weighted by Crippen LogP contribution is -2.30. The Kier molecular flexibility index (Phi) is 6.10. The maximum Gasteiger partial charge on any atom is 0.308 e. The lowest BCUT2D eigenvalue weighted by Gasteiger charge is -2.18. The molecule has 0 aromatic heterocycles. The fourth-order valence-corrected chi connectivity index (χ4v) is 1.67. The SMILES string of the molecule is CCOC(=O)CC(O)C(O)c1cccc(C(=O)NN)c1. The standard InChI is InChI=1S/C13H18N2O5/c1-2-20-11(17)7-10(16)12(18)8-4-3-5-9(6-8)13(19)15-14/h3-6,10,12,16,18H,2,7,14H2,1H3,(H,15,19). The molecule has 5 N–H and O–H groups in total. The maximum atomic E-state index is 11.4. The average Bonchev–Trinajstić information content (AvgIpc) is 2.45. The highest BCUT2D eigenvalue weighted by atomic mass is 16.5. The smallest absolute Gasteiger partial charge is 0.308 e. The number of hydrazine groups is 1. The van der Waals surface area contributed by atoms with Crippen LogP contribution in [-0.2, 0) is 9.53 Å². The number of rotatable bonds is 6. The van der Waals surface area contributed by atoms with Crippen molar-refractivity contribution in [1.82, 2.24) is 5.43 Å². The third-order valence-corrected chi connectivity index (χ3v) is 2.67. The lowest BCUT2D eigenvalue weighted by atomic mass is 10.00. The number of aliphatic hydroxyl groups is 2. The van der Waals surface area contributed by atoms with Gasteiger partial charge in [-0.3, -0.25) is 15.0 Å². The first-order valence-corrected chi connectivity index (χ1v) is 6.12. The molecule has 0 aliphatic heterocycles. The second-order valence-corrected chi connectivity index (χ2v) is 4.12. The van der Waals surface area contributed by atoms with Gasteiger partial charge in [0, 0.05) is 5.56 Å². The van der Waals surface area contributed by atoms with Crippen molar-refractivity contribution in [2.75, 3.05) is 6.61 Å². The van der Waals surface area contributed by atoms with Gasteiger partial charge >= 0.3 is 5.97 Å². The third kappa shape index (κ3) is 4.30. The van der Waals surface area contributed by atoms with Crippen LogP contribution in [0.25, 0.3) is 0 Å². The summed E-state index contributed by atoms with van der Waals surface area (Å²) in [6.07, 6.45) is -2.95. The zero-order valence-electron chi connectivity index (χ0n) is 11.1. The Morgan fingerprint density at radius 3 is 2.70 bits per heavy atom. The molecule has 0 aliphatic carbocycles. The topological polar surface area (TPSA) is 122 Å². The van der Waals surface area contributed by atoms with Gasteiger partial charge in [0.1, 0.15) is 6.10 Å². The van der Waals surface area contributed by atoms with Crippen molar-refractivity contribution in [2.45, 2.75) is 25.6 Å². The van der Waals surface area contributed by atoms with Crippen LogP contribution in [0, 0.1) is 0 Å². The number of nitrogens with two attached hydrogens (primary N) is 1. The molecule has 20 heavy (non-hydrogen) atoms. The van der Waals surface area contributed by atoms with Gasteiger partial charge in [0.15, 0.2) is 0 Å². The van der Waals surface area contributed by atoms with E-state index in [9.17, 15) is 19.8 Å². The predicted octanol–water partition coefficient (Wildman–Crippen LogP) is -0.362. The molecule has 1 aromatic carbocycles. The zero-order chi connectivity index (χ0) is 15.1. The summed E-state index contributed by atoms with van der Waals surface area (Å²) in [4.78, 5) is 22.6. The molecule has 2 atom stereocenters. The number of carbonyl (C=O) groups excluding carboxylic acids is 2. The van der Waals surface area contributed by atoms with Gasteiger partial charge in [-0.15, -0.1) is 0 Å². The van der Waals surface area contributed by atoms with Gasteiger partial charge in [-0.1, -0.05) is 12.1 Å². The number of nitrogens with one attached hydrogen (secondary N) is 1. The minimum absolute atomic E-state index is 0.202. The van der Waals surface area contributed by atoms with E-state index in [-0.39, 0.29) is 18.6 Å². The van der Waals surface area contributed by atoms with Crippen LogP contribution in [-0.4, -0.2) is 34.8 Å². The molecule has 0 saturated heterocycles. The van der Waals surface area contributed by atoms with Crippen molar-refractivity contribution in [3.63, 3.8) is 0 Å². The number of hydrogen-bond donors (Lipinski definition) is 4. The summed E-state index contributed by atoms with van der Waals surface area (Å²) in [5.41, 5.74) is 2.52. The highest BCUT2D eigenvalue weighted by molar-refractivity contribution is 5.93. The summed E-state index contributed by atoms with van der Waals surface area (Å²) < 4.78 is 4.69. The number of hydrogen-bond acceptors (Lipinski definition) is 6. The second-order valence-electron chi connectivity index (χ2n) is 4.12. The first kappa shape index (κ1) is 16.1. The average molecular weight is 282 g/mol. The Bertz CT molecular complexity index is 478. The molecule has 110 valence electrons. The van der Waals surface area contributed by atoms with Crippen molar-refractivity contribution in [1.29, 1.82) is 0 Å². The quantitative estimate of drug-likeness (QED) is 0.244. The van der Waals surface area contributed by atoms with E-state index in [0.29, 0.717) is 5.56 Å². The van der Waals surface area contributed by atoms with Crippen LogP contribution in [0.2, 0.25) is 0 Å². The van der Waals surface area contributed by atoms with E-state index < -0.39 is 24.1 Å². The summed E-state index contributed by atoms with van der Waals surface area (Å²) in [7, 11) is 0. The van der Waals surface area contributed by atoms with Crippen LogP contribution in [0.4, 0.5) is 0 Å².